The van der Waals surface area contributed by atoms with Crippen LogP contribution < -0.4 is 16.4 Å². The molecule has 0 aromatic carbocycles. The summed E-state index contributed by atoms with van der Waals surface area (Å²) in [4.78, 5) is 16.5. The lowest BCUT2D eigenvalue weighted by atomic mass is 9.96. The maximum atomic E-state index is 11.6. The van der Waals surface area contributed by atoms with Gasteiger partial charge < -0.3 is 16.4 Å². The summed E-state index contributed by atoms with van der Waals surface area (Å²) in [6.07, 6.45) is 7.44. The van der Waals surface area contributed by atoms with E-state index in [4.69, 9.17) is 10.7 Å². The van der Waals surface area contributed by atoms with Crippen molar-refractivity contribution in [1.29, 1.82) is 0 Å². The van der Waals surface area contributed by atoms with Gasteiger partial charge in [-0.25, -0.2) is 4.98 Å². The largest absolute Gasteiger partial charge is 0.383 e. The highest BCUT2D eigenvalue weighted by Crippen LogP contribution is 2.34. The first-order valence-electron chi connectivity index (χ1n) is 8.85. The maximum absolute atomic E-state index is 11.6. The first-order valence-corrected chi connectivity index (χ1v) is 9.64. The number of likely N-dealkylation sites (N-methyl/N-ethyl adjacent to an activating group) is 1. The number of nitrogens with zero attached hydrogens (tertiary/aromatic N) is 5. The number of amides is 1. The lowest BCUT2D eigenvalue weighted by Gasteiger charge is -2.23. The van der Waals surface area contributed by atoms with Crippen molar-refractivity contribution in [3.8, 4) is 11.1 Å². The van der Waals surface area contributed by atoms with Crippen molar-refractivity contribution in [2.75, 3.05) is 25.9 Å². The fraction of sp³-hybridized carbons (Fsp3) is 0.412. The van der Waals surface area contributed by atoms with Crippen LogP contribution >= 0.6 is 15.9 Å². The zero-order valence-corrected chi connectivity index (χ0v) is 16.5. The topological polar surface area (TPSA) is 115 Å². The average Bonchev–Trinajstić information content (AvgIpc) is 3.31. The minimum atomic E-state index is -0.108. The highest BCUT2D eigenvalue weighted by molar-refractivity contribution is 9.10. The first kappa shape index (κ1) is 17.9. The molecule has 4 heterocycles. The highest BCUT2D eigenvalue weighted by atomic mass is 79.9. The van der Waals surface area contributed by atoms with Crippen LogP contribution in [0.15, 0.2) is 23.1 Å². The molecule has 4 N–H and O–H groups in total. The molecule has 142 valence electrons. The number of fused-ring (bicyclic) bond motifs is 1. The Labute approximate surface area is 164 Å². The zero-order chi connectivity index (χ0) is 19.0. The molecule has 3 aromatic rings. The number of hydrogen-bond acceptors (Lipinski definition) is 6. The summed E-state index contributed by atoms with van der Waals surface area (Å²) >= 11 is 3.60. The number of rotatable bonds is 4. The molecule has 1 saturated heterocycles. The van der Waals surface area contributed by atoms with Crippen molar-refractivity contribution >= 4 is 33.3 Å². The Kier molecular flexibility index (Phi) is 4.83. The van der Waals surface area contributed by atoms with Crippen molar-refractivity contribution in [2.45, 2.75) is 25.3 Å². The van der Waals surface area contributed by atoms with Gasteiger partial charge in [0.25, 0.3) is 0 Å². The van der Waals surface area contributed by atoms with Gasteiger partial charge in [0.2, 0.25) is 5.91 Å². The van der Waals surface area contributed by atoms with E-state index >= 15 is 0 Å². The second-order valence-corrected chi connectivity index (χ2v) is 7.43. The van der Waals surface area contributed by atoms with E-state index in [1.54, 1.807) is 28.6 Å². The van der Waals surface area contributed by atoms with Crippen LogP contribution in [-0.4, -0.2) is 50.4 Å². The number of aromatic nitrogens is 5. The Morgan fingerprint density at radius 1 is 1.44 bits per heavy atom. The molecular formula is C17H21BrN8O. The van der Waals surface area contributed by atoms with Crippen LogP contribution in [-0.2, 0) is 11.3 Å². The summed E-state index contributed by atoms with van der Waals surface area (Å²) in [5.41, 5.74) is 9.65. The number of carbonyl (C=O) groups excluding carboxylic acids is 1. The predicted octanol–water partition coefficient (Wildman–Crippen LogP) is 1.15. The van der Waals surface area contributed by atoms with Gasteiger partial charge in [-0.1, -0.05) is 0 Å². The molecule has 1 atom stereocenters. The summed E-state index contributed by atoms with van der Waals surface area (Å²) in [6, 6.07) is 0. The second kappa shape index (κ2) is 7.28. The number of nitrogens with one attached hydrogen (secondary N) is 2. The van der Waals surface area contributed by atoms with Gasteiger partial charge in [0, 0.05) is 36.8 Å². The number of anilines is 1. The number of piperidine rings is 1. The standard InChI is InChI=1S/C17H21BrN8O/c1-20-13(27)9-25-8-11(6-22-25)12-7-23-26-16(19)14(18)15(24-17(12)26)10-3-2-4-21-5-10/h6-8,10,21H,2-5,9,19H2,1H3,(H,20,27). The smallest absolute Gasteiger partial charge is 0.241 e. The van der Waals surface area contributed by atoms with E-state index in [1.165, 1.54) is 0 Å². The summed E-state index contributed by atoms with van der Waals surface area (Å²) in [7, 11) is 1.60. The molecule has 1 fully saturated rings. The Morgan fingerprint density at radius 3 is 3.04 bits per heavy atom. The third kappa shape index (κ3) is 3.30. The summed E-state index contributed by atoms with van der Waals surface area (Å²) < 4.78 is 4.02. The predicted molar refractivity (Wildman–Crippen MR) is 105 cm³/mol. The van der Waals surface area contributed by atoms with Crippen molar-refractivity contribution in [3.63, 3.8) is 0 Å². The first-order chi connectivity index (χ1) is 13.1. The Morgan fingerprint density at radius 2 is 2.30 bits per heavy atom. The van der Waals surface area contributed by atoms with Crippen LogP contribution in [0.25, 0.3) is 16.8 Å². The van der Waals surface area contributed by atoms with Gasteiger partial charge in [0.15, 0.2) is 5.65 Å². The Bertz CT molecular complexity index is 988. The van der Waals surface area contributed by atoms with Crippen LogP contribution in [0.2, 0.25) is 0 Å². The number of carbonyl (C=O) groups is 1. The molecule has 4 rings (SSSR count). The summed E-state index contributed by atoms with van der Waals surface area (Å²) in [6.45, 7) is 2.08. The summed E-state index contributed by atoms with van der Waals surface area (Å²) in [5.74, 6) is 0.728. The fourth-order valence-electron chi connectivity index (χ4n) is 3.39. The van der Waals surface area contributed by atoms with Crippen LogP contribution in [0.1, 0.15) is 24.5 Å². The third-order valence-electron chi connectivity index (χ3n) is 4.86. The van der Waals surface area contributed by atoms with E-state index in [9.17, 15) is 4.79 Å². The van der Waals surface area contributed by atoms with Gasteiger partial charge >= 0.3 is 0 Å². The van der Waals surface area contributed by atoms with Crippen LogP contribution in [0.5, 0.6) is 0 Å². The lowest BCUT2D eigenvalue weighted by molar-refractivity contribution is -0.121. The molecule has 0 spiro atoms. The molecule has 0 bridgehead atoms. The van der Waals surface area contributed by atoms with Crippen molar-refractivity contribution in [2.24, 2.45) is 0 Å². The molecular weight excluding hydrogens is 412 g/mol. The van der Waals surface area contributed by atoms with Crippen LogP contribution in [0.3, 0.4) is 0 Å². The highest BCUT2D eigenvalue weighted by Gasteiger charge is 2.24. The molecule has 0 saturated carbocycles. The number of nitrogen functional groups attached to an aromatic ring is 1. The number of halogens is 1. The van der Waals surface area contributed by atoms with E-state index in [0.29, 0.717) is 17.4 Å². The van der Waals surface area contributed by atoms with E-state index in [2.05, 4.69) is 36.8 Å². The normalized spacial score (nSPS) is 17.3. The Balaban J connectivity index is 1.76. The van der Waals surface area contributed by atoms with Crippen LogP contribution in [0.4, 0.5) is 5.82 Å². The van der Waals surface area contributed by atoms with Crippen LogP contribution in [0, 0.1) is 0 Å². The molecule has 3 aromatic heterocycles. The monoisotopic (exact) mass is 432 g/mol. The van der Waals surface area contributed by atoms with E-state index in [0.717, 1.165) is 47.2 Å². The van der Waals surface area contributed by atoms with Crippen molar-refractivity contribution in [3.05, 3.63) is 28.8 Å². The molecule has 1 aliphatic heterocycles. The minimum Gasteiger partial charge on any atom is -0.383 e. The van der Waals surface area contributed by atoms with Gasteiger partial charge in [-0.15, -0.1) is 0 Å². The second-order valence-electron chi connectivity index (χ2n) is 6.63. The van der Waals surface area contributed by atoms with E-state index in [1.807, 2.05) is 6.20 Å². The molecule has 1 amide bonds. The average molecular weight is 433 g/mol. The SMILES string of the molecule is CNC(=O)Cn1cc(-c2cnn3c(N)c(Br)c(C4CCCNC4)nc23)cn1. The van der Waals surface area contributed by atoms with Gasteiger partial charge in [-0.3, -0.25) is 9.48 Å². The third-order valence-corrected chi connectivity index (χ3v) is 5.67. The molecule has 1 aliphatic rings. The molecule has 0 radical (unpaired) electrons. The lowest BCUT2D eigenvalue weighted by Crippen LogP contribution is -2.29. The van der Waals surface area contributed by atoms with Gasteiger partial charge in [-0.05, 0) is 35.3 Å². The molecule has 1 unspecified atom stereocenters. The number of hydrogen-bond donors (Lipinski definition) is 3. The minimum absolute atomic E-state index is 0.108. The van der Waals surface area contributed by atoms with E-state index < -0.39 is 0 Å². The summed E-state index contributed by atoms with van der Waals surface area (Å²) in [5, 5.41) is 14.7. The zero-order valence-electron chi connectivity index (χ0n) is 14.9. The fourth-order valence-corrected chi connectivity index (χ4v) is 3.97. The number of nitrogens with two attached hydrogens (primary N) is 1. The Hall–Kier alpha value is -2.46. The molecule has 27 heavy (non-hydrogen) atoms. The van der Waals surface area contributed by atoms with Gasteiger partial charge in [0.05, 0.1) is 22.6 Å². The van der Waals surface area contributed by atoms with Crippen molar-refractivity contribution in [1.82, 2.24) is 35.0 Å². The quantitative estimate of drug-likeness (QED) is 0.569. The van der Waals surface area contributed by atoms with Gasteiger partial charge in [-0.2, -0.15) is 14.7 Å². The maximum Gasteiger partial charge on any atom is 0.241 e. The van der Waals surface area contributed by atoms with Crippen molar-refractivity contribution < 1.29 is 4.79 Å². The van der Waals surface area contributed by atoms with E-state index in [-0.39, 0.29) is 12.5 Å². The van der Waals surface area contributed by atoms with Gasteiger partial charge in [0.1, 0.15) is 12.4 Å². The molecule has 10 heteroatoms. The molecule has 0 aliphatic carbocycles. The molecule has 9 nitrogen and oxygen atoms in total.